The molecule has 0 radical (unpaired) electrons. The first-order valence-electron chi connectivity index (χ1n) is 7.51. The number of hydrogen-bond donors (Lipinski definition) is 4. The summed E-state index contributed by atoms with van der Waals surface area (Å²) in [6, 6.07) is -1.13. The number of hydrogen-bond acceptors (Lipinski definition) is 5. The average molecular weight is 300 g/mol. The Labute approximate surface area is 124 Å². The molecule has 2 saturated heterocycles. The zero-order valence-electron chi connectivity index (χ0n) is 12.2. The van der Waals surface area contributed by atoms with Crippen molar-refractivity contribution in [2.24, 2.45) is 11.8 Å². The standard InChI is InChI=1S/C14H24N2O5/c1-8-6-10(13(17)18)16-11(8)7-15-12(14(19)20)9-2-4-21-5-3-9/h8-12,15-16H,2-7H2,1H3,(H,17,18)(H,19,20)/t8-,10+,11-,12-/m1/s1. The molecule has 0 spiro atoms. The van der Waals surface area contributed by atoms with Crippen LogP contribution in [0, 0.1) is 11.8 Å². The van der Waals surface area contributed by atoms with Crippen molar-refractivity contribution in [1.29, 1.82) is 0 Å². The maximum atomic E-state index is 11.4. The van der Waals surface area contributed by atoms with Crippen molar-refractivity contribution in [3.8, 4) is 0 Å². The van der Waals surface area contributed by atoms with E-state index < -0.39 is 24.0 Å². The first-order valence-corrected chi connectivity index (χ1v) is 7.51. The van der Waals surface area contributed by atoms with E-state index in [-0.39, 0.29) is 17.9 Å². The van der Waals surface area contributed by atoms with Crippen LogP contribution in [0.1, 0.15) is 26.2 Å². The Bertz CT molecular complexity index is 384. The van der Waals surface area contributed by atoms with Crippen molar-refractivity contribution < 1.29 is 24.5 Å². The Hall–Kier alpha value is -1.18. The van der Waals surface area contributed by atoms with Gasteiger partial charge in [0.05, 0.1) is 0 Å². The van der Waals surface area contributed by atoms with Gasteiger partial charge in [0.15, 0.2) is 0 Å². The van der Waals surface area contributed by atoms with Crippen LogP contribution in [0.15, 0.2) is 0 Å². The average Bonchev–Trinajstić information content (AvgIpc) is 2.82. The predicted molar refractivity (Wildman–Crippen MR) is 75.1 cm³/mol. The molecule has 2 aliphatic rings. The van der Waals surface area contributed by atoms with Gasteiger partial charge < -0.3 is 25.6 Å². The van der Waals surface area contributed by atoms with E-state index in [1.54, 1.807) is 0 Å². The van der Waals surface area contributed by atoms with Gasteiger partial charge in [0.2, 0.25) is 0 Å². The normalized spacial score (nSPS) is 32.0. The van der Waals surface area contributed by atoms with Crippen molar-refractivity contribution in [1.82, 2.24) is 10.6 Å². The summed E-state index contributed by atoms with van der Waals surface area (Å²) in [5.74, 6) is -1.41. The smallest absolute Gasteiger partial charge is 0.320 e. The highest BCUT2D eigenvalue weighted by Crippen LogP contribution is 2.22. The third kappa shape index (κ3) is 4.15. The molecule has 2 fully saturated rings. The summed E-state index contributed by atoms with van der Waals surface area (Å²) in [6.45, 7) is 3.68. The van der Waals surface area contributed by atoms with Crippen LogP contribution in [-0.2, 0) is 14.3 Å². The molecule has 21 heavy (non-hydrogen) atoms. The first-order chi connectivity index (χ1) is 9.99. The van der Waals surface area contributed by atoms with Gasteiger partial charge in [-0.15, -0.1) is 0 Å². The highest BCUT2D eigenvalue weighted by atomic mass is 16.5. The van der Waals surface area contributed by atoms with Gasteiger partial charge in [0.1, 0.15) is 12.1 Å². The van der Waals surface area contributed by atoms with E-state index in [4.69, 9.17) is 9.84 Å². The minimum Gasteiger partial charge on any atom is -0.480 e. The van der Waals surface area contributed by atoms with E-state index in [0.29, 0.717) is 26.2 Å². The Kier molecular flexibility index (Phi) is 5.55. The van der Waals surface area contributed by atoms with E-state index in [1.165, 1.54) is 0 Å². The van der Waals surface area contributed by atoms with E-state index in [2.05, 4.69) is 10.6 Å². The molecule has 0 unspecified atom stereocenters. The Morgan fingerprint density at radius 2 is 2.00 bits per heavy atom. The minimum atomic E-state index is -0.845. The summed E-state index contributed by atoms with van der Waals surface area (Å²) < 4.78 is 5.27. The van der Waals surface area contributed by atoms with Crippen LogP contribution in [0.3, 0.4) is 0 Å². The van der Waals surface area contributed by atoms with Gasteiger partial charge in [0, 0.05) is 25.8 Å². The molecule has 0 aromatic rings. The summed E-state index contributed by atoms with van der Waals surface area (Å²) in [4.78, 5) is 22.4. The highest BCUT2D eigenvalue weighted by molar-refractivity contribution is 5.74. The second-order valence-electron chi connectivity index (χ2n) is 6.05. The second kappa shape index (κ2) is 7.20. The third-order valence-corrected chi connectivity index (χ3v) is 4.57. The molecule has 7 nitrogen and oxygen atoms in total. The van der Waals surface area contributed by atoms with Gasteiger partial charge in [-0.2, -0.15) is 0 Å². The summed E-state index contributed by atoms with van der Waals surface area (Å²) in [5, 5.41) is 24.6. The predicted octanol–water partition coefficient (Wildman–Crippen LogP) is -0.0930. The zero-order valence-corrected chi connectivity index (χ0v) is 12.2. The summed E-state index contributed by atoms with van der Waals surface area (Å²) in [7, 11) is 0. The Balaban J connectivity index is 1.87. The van der Waals surface area contributed by atoms with E-state index in [9.17, 15) is 14.7 Å². The molecular weight excluding hydrogens is 276 g/mol. The number of carbonyl (C=O) groups is 2. The van der Waals surface area contributed by atoms with Gasteiger partial charge in [-0.25, -0.2) is 0 Å². The van der Waals surface area contributed by atoms with E-state index >= 15 is 0 Å². The molecule has 120 valence electrons. The first kappa shape index (κ1) is 16.2. The quantitative estimate of drug-likeness (QED) is 0.543. The topological polar surface area (TPSA) is 108 Å². The molecule has 2 rings (SSSR count). The molecule has 0 aromatic heterocycles. The number of ether oxygens (including phenoxy) is 1. The molecule has 0 saturated carbocycles. The van der Waals surface area contributed by atoms with Crippen LogP contribution < -0.4 is 10.6 Å². The molecule has 2 heterocycles. The van der Waals surface area contributed by atoms with Crippen LogP contribution in [0.5, 0.6) is 0 Å². The van der Waals surface area contributed by atoms with Crippen LogP contribution in [0.2, 0.25) is 0 Å². The lowest BCUT2D eigenvalue weighted by Crippen LogP contribution is -2.50. The summed E-state index contributed by atoms with van der Waals surface area (Å²) >= 11 is 0. The SMILES string of the molecule is C[C@@H]1C[C@@H](C(=O)O)N[C@@H]1CN[C@@H](C(=O)O)C1CCOCC1. The molecule has 0 aliphatic carbocycles. The molecule has 0 bridgehead atoms. The maximum Gasteiger partial charge on any atom is 0.320 e. The van der Waals surface area contributed by atoms with Gasteiger partial charge in [-0.3, -0.25) is 9.59 Å². The minimum absolute atomic E-state index is 0.00668. The van der Waals surface area contributed by atoms with Crippen molar-refractivity contribution >= 4 is 11.9 Å². The molecular formula is C14H24N2O5. The number of carboxylic acids is 2. The molecule has 4 atom stereocenters. The fourth-order valence-electron chi connectivity index (χ4n) is 3.22. The second-order valence-corrected chi connectivity index (χ2v) is 6.05. The van der Waals surface area contributed by atoms with Crippen molar-refractivity contribution in [3.05, 3.63) is 0 Å². The number of aliphatic carboxylic acids is 2. The van der Waals surface area contributed by atoms with Crippen LogP contribution in [0.4, 0.5) is 0 Å². The van der Waals surface area contributed by atoms with Crippen LogP contribution >= 0.6 is 0 Å². The Morgan fingerprint density at radius 1 is 1.33 bits per heavy atom. The summed E-state index contributed by atoms with van der Waals surface area (Å²) in [6.07, 6.45) is 2.07. The molecule has 4 N–H and O–H groups in total. The largest absolute Gasteiger partial charge is 0.480 e. The van der Waals surface area contributed by atoms with Crippen molar-refractivity contribution in [3.63, 3.8) is 0 Å². The Morgan fingerprint density at radius 3 is 2.52 bits per heavy atom. The fourth-order valence-corrected chi connectivity index (χ4v) is 3.22. The lowest BCUT2D eigenvalue weighted by molar-refractivity contribution is -0.142. The van der Waals surface area contributed by atoms with Crippen molar-refractivity contribution in [2.45, 2.75) is 44.3 Å². The lowest BCUT2D eigenvalue weighted by Gasteiger charge is -2.29. The van der Waals surface area contributed by atoms with Gasteiger partial charge in [-0.05, 0) is 31.1 Å². The molecule has 0 amide bonds. The zero-order chi connectivity index (χ0) is 15.4. The lowest BCUT2D eigenvalue weighted by atomic mass is 9.91. The maximum absolute atomic E-state index is 11.4. The molecule has 2 aliphatic heterocycles. The van der Waals surface area contributed by atoms with Crippen LogP contribution in [-0.4, -0.2) is 60.0 Å². The van der Waals surface area contributed by atoms with E-state index in [1.807, 2.05) is 6.92 Å². The molecule has 0 aromatic carbocycles. The highest BCUT2D eigenvalue weighted by Gasteiger charge is 2.36. The van der Waals surface area contributed by atoms with E-state index in [0.717, 1.165) is 12.8 Å². The van der Waals surface area contributed by atoms with Gasteiger partial charge >= 0.3 is 11.9 Å². The number of rotatable bonds is 6. The molecule has 7 heteroatoms. The third-order valence-electron chi connectivity index (χ3n) is 4.57. The van der Waals surface area contributed by atoms with Gasteiger partial charge in [0.25, 0.3) is 0 Å². The monoisotopic (exact) mass is 300 g/mol. The fraction of sp³-hybridized carbons (Fsp3) is 0.857. The van der Waals surface area contributed by atoms with Crippen LogP contribution in [0.25, 0.3) is 0 Å². The van der Waals surface area contributed by atoms with Gasteiger partial charge in [-0.1, -0.05) is 6.92 Å². The summed E-state index contributed by atoms with van der Waals surface area (Å²) in [5.41, 5.74) is 0. The number of nitrogens with one attached hydrogen (secondary N) is 2. The number of carboxylic acid groups (broad SMARTS) is 2. The van der Waals surface area contributed by atoms with Crippen molar-refractivity contribution in [2.75, 3.05) is 19.8 Å².